The van der Waals surface area contributed by atoms with Crippen molar-refractivity contribution in [1.29, 1.82) is 0 Å². The first kappa shape index (κ1) is 17.6. The van der Waals surface area contributed by atoms with E-state index in [2.05, 4.69) is 0 Å². The van der Waals surface area contributed by atoms with Crippen LogP contribution in [0.1, 0.15) is 19.4 Å². The van der Waals surface area contributed by atoms with E-state index in [4.69, 9.17) is 0 Å². The first-order valence-electron chi connectivity index (χ1n) is 6.27. The van der Waals surface area contributed by atoms with Crippen LogP contribution in [0.2, 0.25) is 0 Å². The molecule has 0 aliphatic carbocycles. The fourth-order valence-corrected chi connectivity index (χ4v) is 4.86. The van der Waals surface area contributed by atoms with Gasteiger partial charge < -0.3 is 0 Å². The van der Waals surface area contributed by atoms with Gasteiger partial charge in [0.15, 0.2) is 0 Å². The Labute approximate surface area is 126 Å². The fourth-order valence-electron chi connectivity index (χ4n) is 1.63. The number of aryl methyl sites for hydroxylation is 1. The van der Waals surface area contributed by atoms with Crippen LogP contribution < -0.4 is 0 Å². The van der Waals surface area contributed by atoms with Gasteiger partial charge in [-0.25, -0.2) is 16.8 Å². The molecular formula is C14H19NO4S2. The number of benzene rings is 1. The van der Waals surface area contributed by atoms with Gasteiger partial charge in [-0.2, -0.15) is 0 Å². The van der Waals surface area contributed by atoms with Crippen molar-refractivity contribution >= 4 is 20.0 Å². The third kappa shape index (κ3) is 3.61. The van der Waals surface area contributed by atoms with Crippen LogP contribution in [0.4, 0.5) is 0 Å². The highest BCUT2D eigenvalue weighted by Crippen LogP contribution is 2.22. The zero-order chi connectivity index (χ0) is 16.3. The molecule has 7 heteroatoms. The Balaban J connectivity index is 3.35. The Morgan fingerprint density at radius 1 is 1.05 bits per heavy atom. The highest BCUT2D eigenvalue weighted by molar-refractivity contribution is 8.06. The molecule has 0 aliphatic rings. The number of sulfonamides is 2. The summed E-state index contributed by atoms with van der Waals surface area (Å²) in [6.45, 7) is 5.02. The largest absolute Gasteiger partial charge is 0.256 e. The molecule has 0 fully saturated rings. The lowest BCUT2D eigenvalue weighted by atomic mass is 10.2. The lowest BCUT2D eigenvalue weighted by Crippen LogP contribution is -2.33. The maximum Gasteiger partial charge on any atom is 0.256 e. The summed E-state index contributed by atoms with van der Waals surface area (Å²) in [7, 11) is -7.19. The van der Waals surface area contributed by atoms with Gasteiger partial charge in [-0.3, -0.25) is 0 Å². The van der Waals surface area contributed by atoms with Crippen molar-refractivity contribution in [2.24, 2.45) is 0 Å². The lowest BCUT2D eigenvalue weighted by Gasteiger charge is -2.18. The number of rotatable bonds is 5. The minimum atomic E-state index is -4.12. The second-order valence-electron chi connectivity index (χ2n) is 4.39. The third-order valence-electron chi connectivity index (χ3n) is 2.91. The second kappa shape index (κ2) is 6.55. The van der Waals surface area contributed by atoms with E-state index in [1.165, 1.54) is 24.3 Å². The van der Waals surface area contributed by atoms with Crippen LogP contribution in [0.15, 0.2) is 52.3 Å². The summed E-state index contributed by atoms with van der Waals surface area (Å²) in [5, 5.41) is 0. The van der Waals surface area contributed by atoms with E-state index in [1.807, 2.05) is 6.92 Å². The van der Waals surface area contributed by atoms with E-state index in [1.54, 1.807) is 32.1 Å². The molecular weight excluding hydrogens is 310 g/mol. The summed E-state index contributed by atoms with van der Waals surface area (Å²) in [5.41, 5.74) is 0.891. The van der Waals surface area contributed by atoms with Gasteiger partial charge in [0.25, 0.3) is 20.0 Å². The van der Waals surface area contributed by atoms with Gasteiger partial charge in [0.2, 0.25) is 0 Å². The van der Waals surface area contributed by atoms with Crippen molar-refractivity contribution in [3.05, 3.63) is 53.0 Å². The van der Waals surface area contributed by atoms with Crippen molar-refractivity contribution in [2.75, 3.05) is 7.05 Å². The predicted molar refractivity (Wildman–Crippen MR) is 83.6 cm³/mol. The molecule has 1 aromatic rings. The van der Waals surface area contributed by atoms with Gasteiger partial charge in [0.1, 0.15) is 0 Å². The maximum atomic E-state index is 12.4. The van der Waals surface area contributed by atoms with E-state index >= 15 is 0 Å². The molecule has 1 rings (SSSR count). The Morgan fingerprint density at radius 3 is 2.00 bits per heavy atom. The molecule has 21 heavy (non-hydrogen) atoms. The summed E-state index contributed by atoms with van der Waals surface area (Å²) < 4.78 is 50.0. The zero-order valence-electron chi connectivity index (χ0n) is 12.4. The van der Waals surface area contributed by atoms with Crippen molar-refractivity contribution in [3.8, 4) is 0 Å². The summed E-state index contributed by atoms with van der Waals surface area (Å²) in [5.74, 6) is 0. The quantitative estimate of drug-likeness (QED) is 0.778. The van der Waals surface area contributed by atoms with Gasteiger partial charge in [-0.1, -0.05) is 33.6 Å². The van der Waals surface area contributed by atoms with Crippen molar-refractivity contribution in [2.45, 2.75) is 25.7 Å². The first-order chi connectivity index (χ1) is 9.67. The zero-order valence-corrected chi connectivity index (χ0v) is 14.1. The normalized spacial score (nSPS) is 14.0. The molecule has 0 unspecified atom stereocenters. The minimum absolute atomic E-state index is 0.0601. The summed E-state index contributed by atoms with van der Waals surface area (Å²) in [6, 6.07) is 6.02. The van der Waals surface area contributed by atoms with Crippen LogP contribution in [-0.4, -0.2) is 27.6 Å². The lowest BCUT2D eigenvalue weighted by molar-refractivity contribution is 0.530. The smallest absolute Gasteiger partial charge is 0.206 e. The highest BCUT2D eigenvalue weighted by Gasteiger charge is 2.33. The SMILES string of the molecule is CC=CC(=CC)S(=O)(=O)N(C)S(=O)(=O)c1ccc(C)cc1. The van der Waals surface area contributed by atoms with Gasteiger partial charge >= 0.3 is 0 Å². The van der Waals surface area contributed by atoms with Crippen LogP contribution in [-0.2, 0) is 20.0 Å². The van der Waals surface area contributed by atoms with E-state index in [-0.39, 0.29) is 9.80 Å². The minimum Gasteiger partial charge on any atom is -0.206 e. The highest BCUT2D eigenvalue weighted by atomic mass is 32.3. The summed E-state index contributed by atoms with van der Waals surface area (Å²) in [6.07, 6.45) is 4.26. The van der Waals surface area contributed by atoms with Crippen molar-refractivity contribution in [3.63, 3.8) is 0 Å². The first-order valence-corrected chi connectivity index (χ1v) is 9.15. The van der Waals surface area contributed by atoms with Gasteiger partial charge in [0, 0.05) is 7.05 Å². The maximum absolute atomic E-state index is 12.4. The van der Waals surface area contributed by atoms with E-state index in [0.29, 0.717) is 3.71 Å². The molecule has 5 nitrogen and oxygen atoms in total. The molecule has 0 saturated carbocycles. The molecule has 0 saturated heterocycles. The average Bonchev–Trinajstić information content (AvgIpc) is 2.44. The number of hydrogen-bond donors (Lipinski definition) is 0. The molecule has 0 amide bonds. The number of nitrogens with zero attached hydrogens (tertiary/aromatic N) is 1. The summed E-state index contributed by atoms with van der Waals surface area (Å²) >= 11 is 0. The molecule has 0 radical (unpaired) electrons. The van der Waals surface area contributed by atoms with Gasteiger partial charge in [-0.05, 0) is 39.0 Å². The van der Waals surface area contributed by atoms with Crippen LogP contribution >= 0.6 is 0 Å². The van der Waals surface area contributed by atoms with Crippen LogP contribution in [0, 0.1) is 6.92 Å². The Kier molecular flexibility index (Phi) is 5.49. The molecule has 0 N–H and O–H groups in total. The topological polar surface area (TPSA) is 71.5 Å². The van der Waals surface area contributed by atoms with E-state index in [0.717, 1.165) is 12.6 Å². The summed E-state index contributed by atoms with van der Waals surface area (Å²) in [4.78, 5) is -0.127. The Bertz CT molecular complexity index is 758. The number of allylic oxidation sites excluding steroid dienone is 3. The van der Waals surface area contributed by atoms with Gasteiger partial charge in [0.05, 0.1) is 9.80 Å². The van der Waals surface area contributed by atoms with Crippen LogP contribution in [0.25, 0.3) is 0 Å². The average molecular weight is 329 g/mol. The molecule has 0 aliphatic heterocycles. The van der Waals surface area contributed by atoms with E-state index in [9.17, 15) is 16.8 Å². The van der Waals surface area contributed by atoms with Crippen molar-refractivity contribution < 1.29 is 16.8 Å². The van der Waals surface area contributed by atoms with Crippen LogP contribution in [0.3, 0.4) is 0 Å². The number of hydrogen-bond acceptors (Lipinski definition) is 4. The van der Waals surface area contributed by atoms with Crippen molar-refractivity contribution in [1.82, 2.24) is 3.71 Å². The molecule has 1 aromatic carbocycles. The van der Waals surface area contributed by atoms with Gasteiger partial charge in [-0.15, -0.1) is 0 Å². The third-order valence-corrected chi connectivity index (χ3v) is 7.28. The molecule has 0 aromatic heterocycles. The Morgan fingerprint density at radius 2 is 1.57 bits per heavy atom. The predicted octanol–water partition coefficient (Wildman–Crippen LogP) is 2.43. The Hall–Kier alpha value is -1.44. The molecule has 0 atom stereocenters. The molecule has 116 valence electrons. The van der Waals surface area contributed by atoms with Crippen LogP contribution in [0.5, 0.6) is 0 Å². The molecule has 0 bridgehead atoms. The monoisotopic (exact) mass is 329 g/mol. The molecule has 0 spiro atoms. The van der Waals surface area contributed by atoms with E-state index < -0.39 is 20.0 Å². The fraction of sp³-hybridized carbons (Fsp3) is 0.286. The second-order valence-corrected chi connectivity index (χ2v) is 8.56. The standard InChI is InChI=1S/C14H19NO4S2/c1-5-7-13(6-2)20(16,17)15(4)21(18,19)14-10-8-12(3)9-11-14/h5-11H,1-4H3. The molecule has 0 heterocycles.